The van der Waals surface area contributed by atoms with Crippen molar-refractivity contribution >= 4 is 34.3 Å². The van der Waals surface area contributed by atoms with Gasteiger partial charge in [-0.15, -0.1) is 0 Å². The van der Waals surface area contributed by atoms with Crippen molar-refractivity contribution in [1.29, 1.82) is 0 Å². The quantitative estimate of drug-likeness (QED) is 0.504. The first-order chi connectivity index (χ1) is 13.5. The van der Waals surface area contributed by atoms with Crippen molar-refractivity contribution in [2.45, 2.75) is 20.8 Å². The number of anilines is 2. The lowest BCUT2D eigenvalue weighted by atomic mass is 10.1. The Balaban J connectivity index is 1.80. The van der Waals surface area contributed by atoms with Gasteiger partial charge in [0.2, 0.25) is 5.91 Å². The van der Waals surface area contributed by atoms with Crippen LogP contribution in [-0.2, 0) is 4.79 Å². The van der Waals surface area contributed by atoms with E-state index in [4.69, 9.17) is 4.42 Å². The molecule has 5 heteroatoms. The molecule has 0 saturated carbocycles. The van der Waals surface area contributed by atoms with Crippen molar-refractivity contribution in [3.05, 3.63) is 76.2 Å². The third-order valence-corrected chi connectivity index (χ3v) is 4.61. The lowest BCUT2D eigenvalue weighted by molar-refractivity contribution is -0.111. The van der Waals surface area contributed by atoms with Crippen LogP contribution in [0.25, 0.3) is 17.0 Å². The van der Waals surface area contributed by atoms with Gasteiger partial charge in [0.15, 0.2) is 0 Å². The van der Waals surface area contributed by atoms with Crippen molar-refractivity contribution in [3.8, 4) is 0 Å². The Labute approximate surface area is 164 Å². The number of carbonyl (C=O) groups is 1. The van der Waals surface area contributed by atoms with E-state index in [0.29, 0.717) is 16.8 Å². The average Bonchev–Trinajstić information content (AvgIpc) is 2.69. The van der Waals surface area contributed by atoms with Gasteiger partial charge in [0.25, 0.3) is 0 Å². The summed E-state index contributed by atoms with van der Waals surface area (Å²) in [6.45, 7) is 7.90. The van der Waals surface area contributed by atoms with Gasteiger partial charge in [-0.1, -0.05) is 17.7 Å². The molecule has 0 aliphatic carbocycles. The number of fused-ring (bicyclic) bond motifs is 1. The van der Waals surface area contributed by atoms with Crippen LogP contribution in [0.15, 0.2) is 63.8 Å². The molecule has 0 atom stereocenters. The predicted octanol–water partition coefficient (Wildman–Crippen LogP) is 4.60. The summed E-state index contributed by atoms with van der Waals surface area (Å²) in [5, 5.41) is 3.58. The highest BCUT2D eigenvalue weighted by Crippen LogP contribution is 2.22. The van der Waals surface area contributed by atoms with Crippen LogP contribution in [0.5, 0.6) is 0 Å². The molecule has 1 amide bonds. The topological polar surface area (TPSA) is 62.6 Å². The minimum Gasteiger partial charge on any atom is -0.422 e. The summed E-state index contributed by atoms with van der Waals surface area (Å²) < 4.78 is 5.47. The lowest BCUT2D eigenvalue weighted by Crippen LogP contribution is -2.21. The van der Waals surface area contributed by atoms with E-state index in [1.54, 1.807) is 6.07 Å². The van der Waals surface area contributed by atoms with Crippen molar-refractivity contribution in [2.75, 3.05) is 23.3 Å². The highest BCUT2D eigenvalue weighted by atomic mass is 16.4. The molecular formula is C23H24N2O3. The normalized spacial score (nSPS) is 11.1. The number of hydrogen-bond acceptors (Lipinski definition) is 4. The fraction of sp³-hybridized carbons (Fsp3) is 0.217. The van der Waals surface area contributed by atoms with Crippen molar-refractivity contribution in [3.63, 3.8) is 0 Å². The van der Waals surface area contributed by atoms with Crippen LogP contribution >= 0.6 is 0 Å². The molecule has 144 valence electrons. The molecule has 0 fully saturated rings. The molecule has 28 heavy (non-hydrogen) atoms. The Morgan fingerprint density at radius 3 is 2.46 bits per heavy atom. The van der Waals surface area contributed by atoms with Crippen LogP contribution in [-0.4, -0.2) is 19.0 Å². The third-order valence-electron chi connectivity index (χ3n) is 4.61. The zero-order chi connectivity index (χ0) is 20.1. The van der Waals surface area contributed by atoms with Crippen LogP contribution in [0.1, 0.15) is 25.0 Å². The fourth-order valence-corrected chi connectivity index (χ4v) is 3.00. The molecular weight excluding hydrogens is 352 g/mol. The molecule has 2 aromatic carbocycles. The number of aryl methyl sites for hydroxylation is 1. The van der Waals surface area contributed by atoms with E-state index in [2.05, 4.69) is 24.1 Å². The number of hydrogen-bond donors (Lipinski definition) is 1. The van der Waals surface area contributed by atoms with Crippen LogP contribution in [0.3, 0.4) is 0 Å². The van der Waals surface area contributed by atoms with E-state index in [1.165, 1.54) is 12.2 Å². The monoisotopic (exact) mass is 376 g/mol. The van der Waals surface area contributed by atoms with Crippen molar-refractivity contribution in [1.82, 2.24) is 0 Å². The van der Waals surface area contributed by atoms with Gasteiger partial charge in [-0.05, 0) is 57.2 Å². The van der Waals surface area contributed by atoms with E-state index in [9.17, 15) is 9.59 Å². The molecule has 0 radical (unpaired) electrons. The van der Waals surface area contributed by atoms with E-state index in [0.717, 1.165) is 29.7 Å². The summed E-state index contributed by atoms with van der Waals surface area (Å²) >= 11 is 0. The zero-order valence-corrected chi connectivity index (χ0v) is 16.4. The van der Waals surface area contributed by atoms with Gasteiger partial charge in [0.1, 0.15) is 5.58 Å². The predicted molar refractivity (Wildman–Crippen MR) is 115 cm³/mol. The Morgan fingerprint density at radius 1 is 1.07 bits per heavy atom. The SMILES string of the molecule is CCN(CC)c1ccc2cc(/C=C/C(=O)Nc3ccc(C)cc3)c(=O)oc2c1. The summed E-state index contributed by atoms with van der Waals surface area (Å²) in [6, 6.07) is 15.1. The molecule has 0 aliphatic rings. The number of nitrogens with one attached hydrogen (secondary N) is 1. The molecule has 1 aromatic heterocycles. The second-order valence-electron chi connectivity index (χ2n) is 6.57. The number of nitrogens with zero attached hydrogens (tertiary/aromatic N) is 1. The first-order valence-electron chi connectivity index (χ1n) is 9.38. The van der Waals surface area contributed by atoms with Gasteiger partial charge in [0.05, 0.1) is 5.56 Å². The Bertz CT molecular complexity index is 1060. The highest BCUT2D eigenvalue weighted by molar-refractivity contribution is 6.02. The molecule has 0 aliphatic heterocycles. The van der Waals surface area contributed by atoms with Crippen molar-refractivity contribution < 1.29 is 9.21 Å². The van der Waals surface area contributed by atoms with E-state index in [1.807, 2.05) is 49.4 Å². The number of rotatable bonds is 6. The molecule has 3 rings (SSSR count). The van der Waals surface area contributed by atoms with Gasteiger partial charge in [0, 0.05) is 42.0 Å². The van der Waals surface area contributed by atoms with Crippen LogP contribution < -0.4 is 15.8 Å². The smallest absolute Gasteiger partial charge is 0.343 e. The average molecular weight is 376 g/mol. The zero-order valence-electron chi connectivity index (χ0n) is 16.4. The van der Waals surface area contributed by atoms with E-state index in [-0.39, 0.29) is 5.91 Å². The van der Waals surface area contributed by atoms with Crippen molar-refractivity contribution in [2.24, 2.45) is 0 Å². The molecule has 1 heterocycles. The first-order valence-corrected chi connectivity index (χ1v) is 9.38. The van der Waals surface area contributed by atoms with Crippen LogP contribution in [0.2, 0.25) is 0 Å². The maximum atomic E-state index is 12.3. The third kappa shape index (κ3) is 4.49. The summed E-state index contributed by atoms with van der Waals surface area (Å²) in [5.74, 6) is -0.305. The van der Waals surface area contributed by atoms with E-state index < -0.39 is 5.63 Å². The Kier molecular flexibility index (Phi) is 5.94. The molecule has 0 unspecified atom stereocenters. The number of carbonyl (C=O) groups excluding carboxylic acids is 1. The molecule has 0 saturated heterocycles. The van der Waals surface area contributed by atoms with E-state index >= 15 is 0 Å². The number of benzene rings is 2. The standard InChI is InChI=1S/C23H24N2O3/c1-4-25(5-2)20-12-8-17-14-18(23(27)28-21(17)15-20)9-13-22(26)24-19-10-6-16(3)7-11-19/h6-15H,4-5H2,1-3H3,(H,24,26)/b13-9+. The van der Waals surface area contributed by atoms with Crippen LogP contribution in [0, 0.1) is 6.92 Å². The van der Waals surface area contributed by atoms with Gasteiger partial charge in [-0.2, -0.15) is 0 Å². The first kappa shape index (κ1) is 19.4. The minimum atomic E-state index is -0.469. The Hall–Kier alpha value is -3.34. The maximum Gasteiger partial charge on any atom is 0.343 e. The molecule has 0 spiro atoms. The second kappa shape index (κ2) is 8.57. The minimum absolute atomic E-state index is 0.305. The van der Waals surface area contributed by atoms with Gasteiger partial charge < -0.3 is 14.6 Å². The largest absolute Gasteiger partial charge is 0.422 e. The number of amides is 1. The summed E-state index contributed by atoms with van der Waals surface area (Å²) in [4.78, 5) is 26.6. The summed E-state index contributed by atoms with van der Waals surface area (Å²) in [6.07, 6.45) is 2.81. The van der Waals surface area contributed by atoms with Crippen LogP contribution in [0.4, 0.5) is 11.4 Å². The summed E-state index contributed by atoms with van der Waals surface area (Å²) in [5.41, 5.74) is 3.24. The summed E-state index contributed by atoms with van der Waals surface area (Å²) in [7, 11) is 0. The molecule has 3 aromatic rings. The lowest BCUT2D eigenvalue weighted by Gasteiger charge is -2.20. The Morgan fingerprint density at radius 2 is 1.79 bits per heavy atom. The molecule has 5 nitrogen and oxygen atoms in total. The van der Waals surface area contributed by atoms with Gasteiger partial charge in [-0.3, -0.25) is 4.79 Å². The highest BCUT2D eigenvalue weighted by Gasteiger charge is 2.07. The molecule has 0 bridgehead atoms. The second-order valence-corrected chi connectivity index (χ2v) is 6.57. The fourth-order valence-electron chi connectivity index (χ4n) is 3.00. The van der Waals surface area contributed by atoms with Gasteiger partial charge >= 0.3 is 5.63 Å². The molecule has 1 N–H and O–H groups in total. The maximum absolute atomic E-state index is 12.3. The van der Waals surface area contributed by atoms with Gasteiger partial charge in [-0.25, -0.2) is 4.79 Å².